The van der Waals surface area contributed by atoms with Gasteiger partial charge in [-0.1, -0.05) is 51.0 Å². The highest BCUT2D eigenvalue weighted by Crippen LogP contribution is 2.26. The van der Waals surface area contributed by atoms with Gasteiger partial charge in [-0.25, -0.2) is 0 Å². The van der Waals surface area contributed by atoms with Crippen LogP contribution in [0.15, 0.2) is 12.7 Å². The van der Waals surface area contributed by atoms with Gasteiger partial charge in [0.25, 0.3) is 0 Å². The number of carbonyl (C=O) groups excluding carboxylic acids is 1. The molecule has 0 amide bonds. The molecule has 0 bridgehead atoms. The van der Waals surface area contributed by atoms with Crippen LogP contribution in [-0.2, 0) is 9.53 Å². The summed E-state index contributed by atoms with van der Waals surface area (Å²) in [5.74, 6) is -0.504. The van der Waals surface area contributed by atoms with Gasteiger partial charge in [0.2, 0.25) is 0 Å². The molecule has 1 saturated heterocycles. The van der Waals surface area contributed by atoms with Gasteiger partial charge in [-0.3, -0.25) is 4.79 Å². The maximum atomic E-state index is 11.5. The third-order valence-corrected chi connectivity index (χ3v) is 4.17. The van der Waals surface area contributed by atoms with Gasteiger partial charge in [0.05, 0.1) is 5.92 Å². The Morgan fingerprint density at radius 3 is 2.15 bits per heavy atom. The minimum Gasteiger partial charge on any atom is -0.460 e. The van der Waals surface area contributed by atoms with Crippen molar-refractivity contribution in [3.05, 3.63) is 12.7 Å². The van der Waals surface area contributed by atoms with Crippen LogP contribution in [0, 0.1) is 5.92 Å². The molecule has 20 heavy (non-hydrogen) atoms. The first-order valence-electron chi connectivity index (χ1n) is 8.16. The summed E-state index contributed by atoms with van der Waals surface area (Å²) in [5.41, 5.74) is 0. The smallest absolute Gasteiger partial charge is 0.312 e. The van der Waals surface area contributed by atoms with Crippen LogP contribution >= 0.6 is 0 Å². The second-order valence-corrected chi connectivity index (χ2v) is 5.93. The van der Waals surface area contributed by atoms with E-state index in [-0.39, 0.29) is 18.0 Å². The first-order valence-corrected chi connectivity index (χ1v) is 8.16. The fraction of sp³-hybridized carbons (Fsp3) is 0.824. The number of rotatable bonds is 11. The highest BCUT2D eigenvalue weighted by molar-refractivity contribution is 5.75. The lowest BCUT2D eigenvalue weighted by molar-refractivity contribution is -0.143. The predicted octanol–water partition coefficient (Wildman–Crippen LogP) is 4.00. The van der Waals surface area contributed by atoms with E-state index in [1.165, 1.54) is 38.5 Å². The minimum absolute atomic E-state index is 0.216. The van der Waals surface area contributed by atoms with Crippen molar-refractivity contribution in [3.8, 4) is 0 Å². The number of ether oxygens (including phenoxy) is 1. The molecule has 1 N–H and O–H groups in total. The Balaban J connectivity index is 1.92. The molecule has 1 rings (SSSR count). The predicted molar refractivity (Wildman–Crippen MR) is 81.4 cm³/mol. The molecule has 1 unspecified atom stereocenters. The normalized spacial score (nSPS) is 25.7. The van der Waals surface area contributed by atoms with Gasteiger partial charge in [0, 0.05) is 0 Å². The number of unbranched alkanes of at least 4 members (excludes halogenated alkanes) is 8. The molecular weight excluding hydrogens is 252 g/mol. The Morgan fingerprint density at radius 2 is 1.65 bits per heavy atom. The third-order valence-electron chi connectivity index (χ3n) is 4.17. The van der Waals surface area contributed by atoms with Gasteiger partial charge in [-0.05, 0) is 26.2 Å². The monoisotopic (exact) mass is 282 g/mol. The molecule has 0 aromatic carbocycles. The van der Waals surface area contributed by atoms with Crippen LogP contribution in [0.1, 0.15) is 71.1 Å². The third kappa shape index (κ3) is 6.08. The van der Waals surface area contributed by atoms with Crippen LogP contribution in [0.4, 0.5) is 0 Å². The molecule has 1 heterocycles. The summed E-state index contributed by atoms with van der Waals surface area (Å²) in [6.45, 7) is 5.48. The first-order chi connectivity index (χ1) is 9.66. The fourth-order valence-electron chi connectivity index (χ4n) is 2.81. The van der Waals surface area contributed by atoms with Crippen LogP contribution in [0.2, 0.25) is 0 Å². The standard InChI is InChI=1S/C17H30O3/c1-3-4-5-6-7-8-9-10-11-12-13-15-16(18)14(2)20-17(15)19/h3,14-16,18H,1,4-13H2,2H3/t14-,15?,16-/m0/s1. The topological polar surface area (TPSA) is 46.5 Å². The molecule has 0 saturated carbocycles. The Kier molecular flexibility index (Phi) is 8.59. The lowest BCUT2D eigenvalue weighted by atomic mass is 9.95. The Morgan fingerprint density at radius 1 is 1.10 bits per heavy atom. The van der Waals surface area contributed by atoms with Crippen LogP contribution in [0.5, 0.6) is 0 Å². The zero-order valence-electron chi connectivity index (χ0n) is 12.9. The van der Waals surface area contributed by atoms with E-state index in [2.05, 4.69) is 6.58 Å². The number of hydrogen-bond acceptors (Lipinski definition) is 3. The number of aliphatic hydroxyl groups is 1. The van der Waals surface area contributed by atoms with E-state index in [4.69, 9.17) is 4.74 Å². The molecule has 3 atom stereocenters. The molecule has 1 aliphatic heterocycles. The zero-order valence-corrected chi connectivity index (χ0v) is 12.9. The molecular formula is C17H30O3. The number of hydrogen-bond donors (Lipinski definition) is 1. The molecule has 1 fully saturated rings. The second-order valence-electron chi connectivity index (χ2n) is 5.93. The van der Waals surface area contributed by atoms with Crippen molar-refractivity contribution >= 4 is 5.97 Å². The summed E-state index contributed by atoms with van der Waals surface area (Å²) in [6.07, 6.45) is 12.8. The summed E-state index contributed by atoms with van der Waals surface area (Å²) in [6, 6.07) is 0. The van der Waals surface area contributed by atoms with Gasteiger partial charge in [-0.15, -0.1) is 6.58 Å². The first kappa shape index (κ1) is 17.2. The highest BCUT2D eigenvalue weighted by Gasteiger charge is 2.40. The van der Waals surface area contributed by atoms with Crippen molar-refractivity contribution in [2.24, 2.45) is 5.92 Å². The van der Waals surface area contributed by atoms with Crippen molar-refractivity contribution in [1.82, 2.24) is 0 Å². The Labute approximate surface area is 123 Å². The highest BCUT2D eigenvalue weighted by atomic mass is 16.6. The number of esters is 1. The van der Waals surface area contributed by atoms with E-state index in [0.717, 1.165) is 25.7 Å². The molecule has 0 radical (unpaired) electrons. The lowest BCUT2D eigenvalue weighted by Crippen LogP contribution is -2.24. The van der Waals surface area contributed by atoms with Crippen molar-refractivity contribution in [2.45, 2.75) is 83.3 Å². The van der Waals surface area contributed by atoms with E-state index in [9.17, 15) is 9.90 Å². The molecule has 1 aliphatic rings. The maximum Gasteiger partial charge on any atom is 0.312 e. The van der Waals surface area contributed by atoms with Crippen LogP contribution in [0.3, 0.4) is 0 Å². The van der Waals surface area contributed by atoms with Crippen molar-refractivity contribution < 1.29 is 14.6 Å². The Hall–Kier alpha value is -0.830. The SMILES string of the molecule is C=CCCCCCCCCCCC1C(=O)O[C@@H](C)[C@@H]1O. The number of allylic oxidation sites excluding steroid dienone is 1. The Bertz CT molecular complexity index is 288. The molecule has 3 nitrogen and oxygen atoms in total. The van der Waals surface area contributed by atoms with Gasteiger partial charge in [-0.2, -0.15) is 0 Å². The number of aliphatic hydroxyl groups excluding tert-OH is 1. The molecule has 0 aromatic heterocycles. The zero-order chi connectivity index (χ0) is 14.8. The molecule has 3 heteroatoms. The molecule has 0 spiro atoms. The van der Waals surface area contributed by atoms with Crippen molar-refractivity contribution in [1.29, 1.82) is 0 Å². The minimum atomic E-state index is -0.604. The average molecular weight is 282 g/mol. The summed E-state index contributed by atoms with van der Waals surface area (Å²) in [7, 11) is 0. The van der Waals surface area contributed by atoms with E-state index in [1.54, 1.807) is 6.92 Å². The largest absolute Gasteiger partial charge is 0.460 e. The average Bonchev–Trinajstić information content (AvgIpc) is 2.67. The van der Waals surface area contributed by atoms with E-state index >= 15 is 0 Å². The van der Waals surface area contributed by atoms with Gasteiger partial charge < -0.3 is 9.84 Å². The second kappa shape index (κ2) is 9.98. The summed E-state index contributed by atoms with van der Waals surface area (Å²) in [4.78, 5) is 11.5. The maximum absolute atomic E-state index is 11.5. The fourth-order valence-corrected chi connectivity index (χ4v) is 2.81. The lowest BCUT2D eigenvalue weighted by Gasteiger charge is -2.11. The summed E-state index contributed by atoms with van der Waals surface area (Å²) >= 11 is 0. The van der Waals surface area contributed by atoms with Crippen LogP contribution in [0.25, 0.3) is 0 Å². The molecule has 0 aliphatic carbocycles. The molecule has 0 aromatic rings. The summed E-state index contributed by atoms with van der Waals surface area (Å²) in [5, 5.41) is 9.82. The number of cyclic esters (lactones) is 1. The van der Waals surface area contributed by atoms with E-state index in [1.807, 2.05) is 6.08 Å². The van der Waals surface area contributed by atoms with E-state index < -0.39 is 6.10 Å². The van der Waals surface area contributed by atoms with Gasteiger partial charge in [0.15, 0.2) is 0 Å². The van der Waals surface area contributed by atoms with Gasteiger partial charge >= 0.3 is 5.97 Å². The van der Waals surface area contributed by atoms with E-state index in [0.29, 0.717) is 0 Å². The van der Waals surface area contributed by atoms with Gasteiger partial charge in [0.1, 0.15) is 12.2 Å². The molecule has 116 valence electrons. The quantitative estimate of drug-likeness (QED) is 0.354. The summed E-state index contributed by atoms with van der Waals surface area (Å²) < 4.78 is 5.03. The van der Waals surface area contributed by atoms with Crippen LogP contribution in [-0.4, -0.2) is 23.3 Å². The van der Waals surface area contributed by atoms with Crippen molar-refractivity contribution in [3.63, 3.8) is 0 Å². The number of carbonyl (C=O) groups is 1. The van der Waals surface area contributed by atoms with Crippen molar-refractivity contribution in [2.75, 3.05) is 0 Å². The van der Waals surface area contributed by atoms with Crippen LogP contribution < -0.4 is 0 Å².